The predicted molar refractivity (Wildman–Crippen MR) is 74.0 cm³/mol. The minimum Gasteiger partial charge on any atom is -0.380 e. The number of rotatable bonds is 2. The van der Waals surface area contributed by atoms with Gasteiger partial charge in [0, 0.05) is 23.7 Å². The lowest BCUT2D eigenvalue weighted by molar-refractivity contribution is 0.179. The summed E-state index contributed by atoms with van der Waals surface area (Å²) in [7, 11) is 0. The number of nitrogens with one attached hydrogen (secondary N) is 1. The Morgan fingerprint density at radius 1 is 1.39 bits per heavy atom. The molecule has 0 aromatic heterocycles. The molecule has 2 aliphatic rings. The van der Waals surface area contributed by atoms with Crippen LogP contribution >= 0.6 is 11.6 Å². The van der Waals surface area contributed by atoms with Gasteiger partial charge in [-0.25, -0.2) is 0 Å². The molecule has 0 radical (unpaired) electrons. The summed E-state index contributed by atoms with van der Waals surface area (Å²) in [5.74, 6) is 0. The van der Waals surface area contributed by atoms with Gasteiger partial charge in [0.05, 0.1) is 6.61 Å². The molecule has 0 spiro atoms. The van der Waals surface area contributed by atoms with Crippen molar-refractivity contribution in [2.24, 2.45) is 5.41 Å². The number of ether oxygens (including phenoxy) is 1. The van der Waals surface area contributed by atoms with Crippen LogP contribution in [0.25, 0.3) is 0 Å². The van der Waals surface area contributed by atoms with Crippen LogP contribution in [-0.2, 0) is 11.2 Å². The second-order valence-corrected chi connectivity index (χ2v) is 6.61. The van der Waals surface area contributed by atoms with Gasteiger partial charge in [-0.3, -0.25) is 0 Å². The Balaban J connectivity index is 1.89. The molecule has 0 bridgehead atoms. The van der Waals surface area contributed by atoms with Gasteiger partial charge in [0.15, 0.2) is 0 Å². The first-order valence-electron chi connectivity index (χ1n) is 6.68. The zero-order valence-corrected chi connectivity index (χ0v) is 11.8. The van der Waals surface area contributed by atoms with E-state index in [4.69, 9.17) is 16.3 Å². The summed E-state index contributed by atoms with van der Waals surface area (Å²) < 4.78 is 5.46. The fourth-order valence-electron chi connectivity index (χ4n) is 3.23. The molecule has 1 aliphatic carbocycles. The Hall–Kier alpha value is -0.570. The first-order valence-corrected chi connectivity index (χ1v) is 7.06. The largest absolute Gasteiger partial charge is 0.380 e. The summed E-state index contributed by atoms with van der Waals surface area (Å²) in [5, 5.41) is 4.60. The van der Waals surface area contributed by atoms with Crippen LogP contribution in [0.15, 0.2) is 18.2 Å². The van der Waals surface area contributed by atoms with E-state index in [1.807, 2.05) is 6.07 Å². The normalized spacial score (nSPS) is 29.5. The average Bonchev–Trinajstić information content (AvgIpc) is 2.88. The second kappa shape index (κ2) is 4.52. The number of hydrogen-bond acceptors (Lipinski definition) is 2. The highest BCUT2D eigenvalue weighted by atomic mass is 35.5. The van der Waals surface area contributed by atoms with Crippen molar-refractivity contribution in [1.82, 2.24) is 5.32 Å². The van der Waals surface area contributed by atoms with Gasteiger partial charge in [-0.1, -0.05) is 31.5 Å². The van der Waals surface area contributed by atoms with E-state index in [0.717, 1.165) is 31.1 Å². The van der Waals surface area contributed by atoms with Crippen molar-refractivity contribution < 1.29 is 4.74 Å². The van der Waals surface area contributed by atoms with Crippen molar-refractivity contribution in [3.05, 3.63) is 34.3 Å². The van der Waals surface area contributed by atoms with E-state index in [1.54, 1.807) is 0 Å². The highest BCUT2D eigenvalue weighted by molar-refractivity contribution is 6.30. The van der Waals surface area contributed by atoms with Gasteiger partial charge >= 0.3 is 0 Å². The lowest BCUT2D eigenvalue weighted by atomic mass is 9.85. The summed E-state index contributed by atoms with van der Waals surface area (Å²) in [6.07, 6.45) is 2.23. The van der Waals surface area contributed by atoms with E-state index in [0.29, 0.717) is 12.1 Å². The van der Waals surface area contributed by atoms with Gasteiger partial charge < -0.3 is 10.1 Å². The second-order valence-electron chi connectivity index (χ2n) is 6.17. The Morgan fingerprint density at radius 2 is 2.22 bits per heavy atom. The SMILES string of the molecule is CC1(C)Cc2ccc(Cl)cc2C1NC1CCOC1. The molecule has 2 nitrogen and oxygen atoms in total. The van der Waals surface area contributed by atoms with E-state index in [1.165, 1.54) is 11.1 Å². The van der Waals surface area contributed by atoms with E-state index < -0.39 is 0 Å². The number of halogens is 1. The first kappa shape index (κ1) is 12.5. The van der Waals surface area contributed by atoms with Crippen LogP contribution in [-0.4, -0.2) is 19.3 Å². The molecule has 1 fully saturated rings. The van der Waals surface area contributed by atoms with Crippen LogP contribution in [0.2, 0.25) is 5.02 Å². The molecule has 18 heavy (non-hydrogen) atoms. The standard InChI is InChI=1S/C15H20ClNO/c1-15(2)8-10-3-4-11(16)7-13(10)14(15)17-12-5-6-18-9-12/h3-4,7,12,14,17H,5-6,8-9H2,1-2H3. The van der Waals surface area contributed by atoms with E-state index >= 15 is 0 Å². The molecule has 1 heterocycles. The third-order valence-corrected chi connectivity index (χ3v) is 4.41. The summed E-state index contributed by atoms with van der Waals surface area (Å²) >= 11 is 6.15. The predicted octanol–water partition coefficient (Wildman–Crippen LogP) is 3.34. The van der Waals surface area contributed by atoms with E-state index in [9.17, 15) is 0 Å². The molecule has 1 aromatic carbocycles. The molecular weight excluding hydrogens is 246 g/mol. The molecule has 0 saturated carbocycles. The van der Waals surface area contributed by atoms with Crippen LogP contribution in [0.3, 0.4) is 0 Å². The maximum absolute atomic E-state index is 6.15. The topological polar surface area (TPSA) is 21.3 Å². The van der Waals surface area contributed by atoms with Crippen molar-refractivity contribution in [1.29, 1.82) is 0 Å². The molecule has 3 rings (SSSR count). The molecule has 1 saturated heterocycles. The van der Waals surface area contributed by atoms with Gasteiger partial charge in [-0.05, 0) is 41.5 Å². The quantitative estimate of drug-likeness (QED) is 0.886. The number of benzene rings is 1. The maximum Gasteiger partial charge on any atom is 0.0620 e. The van der Waals surface area contributed by atoms with Crippen LogP contribution in [0.1, 0.15) is 37.4 Å². The Morgan fingerprint density at radius 3 is 2.94 bits per heavy atom. The van der Waals surface area contributed by atoms with Gasteiger partial charge in [0.1, 0.15) is 0 Å². The highest BCUT2D eigenvalue weighted by Crippen LogP contribution is 2.46. The fourth-order valence-corrected chi connectivity index (χ4v) is 3.41. The molecule has 1 N–H and O–H groups in total. The Kier molecular flexibility index (Phi) is 3.13. The zero-order valence-electron chi connectivity index (χ0n) is 11.0. The third-order valence-electron chi connectivity index (χ3n) is 4.18. The summed E-state index contributed by atoms with van der Waals surface area (Å²) in [6, 6.07) is 7.17. The number of hydrogen-bond donors (Lipinski definition) is 1. The molecule has 98 valence electrons. The monoisotopic (exact) mass is 265 g/mol. The lowest BCUT2D eigenvalue weighted by Gasteiger charge is -2.31. The highest BCUT2D eigenvalue weighted by Gasteiger charge is 2.40. The smallest absolute Gasteiger partial charge is 0.0620 e. The van der Waals surface area contributed by atoms with Crippen LogP contribution in [0.5, 0.6) is 0 Å². The van der Waals surface area contributed by atoms with E-state index in [-0.39, 0.29) is 5.41 Å². The van der Waals surface area contributed by atoms with Crippen molar-refractivity contribution in [3.8, 4) is 0 Å². The minimum atomic E-state index is 0.246. The van der Waals surface area contributed by atoms with Gasteiger partial charge in [-0.2, -0.15) is 0 Å². The molecule has 2 unspecified atom stereocenters. The van der Waals surface area contributed by atoms with Gasteiger partial charge in [0.2, 0.25) is 0 Å². The molecule has 2 atom stereocenters. The summed E-state index contributed by atoms with van der Waals surface area (Å²) in [5.41, 5.74) is 3.05. The molecule has 0 amide bonds. The fraction of sp³-hybridized carbons (Fsp3) is 0.600. The van der Waals surface area contributed by atoms with Crippen molar-refractivity contribution in [2.75, 3.05) is 13.2 Å². The van der Waals surface area contributed by atoms with Gasteiger partial charge in [0.25, 0.3) is 0 Å². The third kappa shape index (κ3) is 2.18. The zero-order chi connectivity index (χ0) is 12.8. The van der Waals surface area contributed by atoms with Crippen LogP contribution in [0, 0.1) is 5.41 Å². The molecule has 1 aromatic rings. The van der Waals surface area contributed by atoms with Crippen molar-refractivity contribution in [3.63, 3.8) is 0 Å². The van der Waals surface area contributed by atoms with Gasteiger partial charge in [-0.15, -0.1) is 0 Å². The molecule has 1 aliphatic heterocycles. The summed E-state index contributed by atoms with van der Waals surface area (Å²) in [4.78, 5) is 0. The van der Waals surface area contributed by atoms with Crippen LogP contribution < -0.4 is 5.32 Å². The maximum atomic E-state index is 6.15. The molecule has 3 heteroatoms. The Bertz CT molecular complexity index is 452. The first-order chi connectivity index (χ1) is 8.56. The summed E-state index contributed by atoms with van der Waals surface area (Å²) in [6.45, 7) is 6.37. The molecular formula is C15H20ClNO. The van der Waals surface area contributed by atoms with Crippen molar-refractivity contribution in [2.45, 2.75) is 38.8 Å². The number of fused-ring (bicyclic) bond motifs is 1. The minimum absolute atomic E-state index is 0.246. The van der Waals surface area contributed by atoms with Crippen molar-refractivity contribution >= 4 is 11.6 Å². The lowest BCUT2D eigenvalue weighted by Crippen LogP contribution is -2.38. The average molecular weight is 266 g/mol. The van der Waals surface area contributed by atoms with E-state index in [2.05, 4.69) is 31.3 Å². The Labute approximate surface area is 114 Å². The van der Waals surface area contributed by atoms with Crippen LogP contribution in [0.4, 0.5) is 0 Å².